The molecule has 3 rings (SSSR count). The van der Waals surface area contributed by atoms with Crippen LogP contribution in [0.25, 0.3) is 11.3 Å². The molecule has 1 aliphatic rings. The van der Waals surface area contributed by atoms with Gasteiger partial charge in [0.1, 0.15) is 5.69 Å². The van der Waals surface area contributed by atoms with E-state index in [9.17, 15) is 4.79 Å². The fourth-order valence-electron chi connectivity index (χ4n) is 2.60. The zero-order valence-electron chi connectivity index (χ0n) is 11.5. The summed E-state index contributed by atoms with van der Waals surface area (Å²) in [5.41, 5.74) is 3.22. The number of hydrogen-bond acceptors (Lipinski definition) is 4. The summed E-state index contributed by atoms with van der Waals surface area (Å²) in [6, 6.07) is 5.55. The van der Waals surface area contributed by atoms with Crippen molar-refractivity contribution in [2.45, 2.75) is 19.3 Å². The largest absolute Gasteiger partial charge is 0.493 e. The van der Waals surface area contributed by atoms with Crippen LogP contribution < -0.4 is 9.47 Å². The Morgan fingerprint density at radius 2 is 1.95 bits per heavy atom. The Labute approximate surface area is 116 Å². The van der Waals surface area contributed by atoms with E-state index in [1.807, 2.05) is 18.2 Å². The van der Waals surface area contributed by atoms with Crippen molar-refractivity contribution >= 4 is 5.78 Å². The zero-order chi connectivity index (χ0) is 14.1. The average Bonchev–Trinajstić information content (AvgIpc) is 2.92. The molecule has 1 aromatic carbocycles. The summed E-state index contributed by atoms with van der Waals surface area (Å²) in [6.45, 7) is 0. The summed E-state index contributed by atoms with van der Waals surface area (Å²) in [5.74, 6) is 1.45. The molecule has 0 bridgehead atoms. The molecule has 0 radical (unpaired) electrons. The molecule has 0 fully saturated rings. The average molecular weight is 272 g/mol. The monoisotopic (exact) mass is 272 g/mol. The minimum Gasteiger partial charge on any atom is -0.493 e. The zero-order valence-corrected chi connectivity index (χ0v) is 11.5. The molecule has 20 heavy (non-hydrogen) atoms. The van der Waals surface area contributed by atoms with Gasteiger partial charge >= 0.3 is 0 Å². The number of fused-ring (bicyclic) bond motifs is 1. The minimum atomic E-state index is 0.157. The van der Waals surface area contributed by atoms with Crippen LogP contribution in [0.5, 0.6) is 11.5 Å². The summed E-state index contributed by atoms with van der Waals surface area (Å²) in [7, 11) is 3.18. The van der Waals surface area contributed by atoms with Crippen LogP contribution in [0, 0.1) is 0 Å². The van der Waals surface area contributed by atoms with Gasteiger partial charge in [-0.15, -0.1) is 0 Å². The first-order valence-corrected chi connectivity index (χ1v) is 6.57. The first-order valence-electron chi connectivity index (χ1n) is 6.57. The number of nitrogens with one attached hydrogen (secondary N) is 1. The van der Waals surface area contributed by atoms with E-state index in [2.05, 4.69) is 10.2 Å². The minimum absolute atomic E-state index is 0.157. The van der Waals surface area contributed by atoms with Gasteiger partial charge in [0.25, 0.3) is 0 Å². The number of carbonyl (C=O) groups is 1. The highest BCUT2D eigenvalue weighted by atomic mass is 16.5. The maximum Gasteiger partial charge on any atom is 0.166 e. The van der Waals surface area contributed by atoms with E-state index >= 15 is 0 Å². The fraction of sp³-hybridized carbons (Fsp3) is 0.333. The van der Waals surface area contributed by atoms with Crippen LogP contribution in [0.2, 0.25) is 0 Å². The molecule has 0 amide bonds. The van der Waals surface area contributed by atoms with Crippen LogP contribution in [-0.2, 0) is 6.42 Å². The SMILES string of the molecule is COc1ccc(-c2n[nH]c3c2C(=O)CCC3)cc1OC. The van der Waals surface area contributed by atoms with Crippen molar-refractivity contribution in [3.8, 4) is 22.8 Å². The van der Waals surface area contributed by atoms with E-state index in [0.29, 0.717) is 23.6 Å². The molecule has 0 spiro atoms. The second-order valence-electron chi connectivity index (χ2n) is 4.77. The normalized spacial score (nSPS) is 14.0. The van der Waals surface area contributed by atoms with E-state index in [4.69, 9.17) is 9.47 Å². The third-order valence-electron chi connectivity index (χ3n) is 3.61. The van der Waals surface area contributed by atoms with Gasteiger partial charge in [-0.25, -0.2) is 0 Å². The molecule has 0 unspecified atom stereocenters. The Morgan fingerprint density at radius 3 is 2.70 bits per heavy atom. The highest BCUT2D eigenvalue weighted by Crippen LogP contribution is 2.35. The number of Topliss-reactive ketones (excluding diaryl/α,β-unsaturated/α-hetero) is 1. The van der Waals surface area contributed by atoms with Gasteiger partial charge in [0.15, 0.2) is 17.3 Å². The van der Waals surface area contributed by atoms with Crippen molar-refractivity contribution in [3.05, 3.63) is 29.5 Å². The van der Waals surface area contributed by atoms with E-state index in [1.165, 1.54) is 0 Å². The Bertz CT molecular complexity index is 661. The van der Waals surface area contributed by atoms with Crippen molar-refractivity contribution in [1.29, 1.82) is 0 Å². The number of aromatic amines is 1. The molecule has 5 nitrogen and oxygen atoms in total. The molecule has 0 atom stereocenters. The van der Waals surface area contributed by atoms with Crippen LogP contribution >= 0.6 is 0 Å². The number of nitrogens with zero attached hydrogens (tertiary/aromatic N) is 1. The number of aryl methyl sites for hydroxylation is 1. The summed E-state index contributed by atoms with van der Waals surface area (Å²) in [5, 5.41) is 7.29. The van der Waals surface area contributed by atoms with Crippen molar-refractivity contribution in [3.63, 3.8) is 0 Å². The third-order valence-corrected chi connectivity index (χ3v) is 3.61. The number of methoxy groups -OCH3 is 2. The van der Waals surface area contributed by atoms with Crippen molar-refractivity contribution < 1.29 is 14.3 Å². The molecule has 0 aliphatic heterocycles. The van der Waals surface area contributed by atoms with Crippen LogP contribution in [-0.4, -0.2) is 30.2 Å². The molecule has 1 N–H and O–H groups in total. The van der Waals surface area contributed by atoms with Crippen molar-refractivity contribution in [2.75, 3.05) is 14.2 Å². The first kappa shape index (κ1) is 12.7. The lowest BCUT2D eigenvalue weighted by Gasteiger charge is -2.12. The standard InChI is InChI=1S/C15H16N2O3/c1-19-12-7-6-9(8-13(12)20-2)15-14-10(16-17-15)4-3-5-11(14)18/h6-8H,3-5H2,1-2H3,(H,16,17). The lowest BCUT2D eigenvalue weighted by Crippen LogP contribution is -2.10. The van der Waals surface area contributed by atoms with Crippen molar-refractivity contribution in [1.82, 2.24) is 10.2 Å². The fourth-order valence-corrected chi connectivity index (χ4v) is 2.60. The van der Waals surface area contributed by atoms with Crippen LogP contribution in [0.15, 0.2) is 18.2 Å². The summed E-state index contributed by atoms with van der Waals surface area (Å²) < 4.78 is 10.5. The van der Waals surface area contributed by atoms with Gasteiger partial charge in [-0.2, -0.15) is 5.10 Å². The second-order valence-corrected chi connectivity index (χ2v) is 4.77. The lowest BCUT2D eigenvalue weighted by atomic mass is 9.92. The van der Waals surface area contributed by atoms with Gasteiger partial charge in [-0.05, 0) is 31.0 Å². The van der Waals surface area contributed by atoms with Gasteiger partial charge in [-0.1, -0.05) is 0 Å². The molecule has 1 aromatic heterocycles. The number of ketones is 1. The summed E-state index contributed by atoms with van der Waals surface area (Å²) in [4.78, 5) is 12.1. The van der Waals surface area contributed by atoms with E-state index in [0.717, 1.165) is 29.7 Å². The van der Waals surface area contributed by atoms with Gasteiger partial charge in [0, 0.05) is 17.7 Å². The molecule has 0 saturated heterocycles. The van der Waals surface area contributed by atoms with Crippen LogP contribution in [0.4, 0.5) is 0 Å². The van der Waals surface area contributed by atoms with E-state index in [1.54, 1.807) is 14.2 Å². The second kappa shape index (κ2) is 5.00. The van der Waals surface area contributed by atoms with Gasteiger partial charge in [0.2, 0.25) is 0 Å². The maximum atomic E-state index is 12.1. The molecule has 5 heteroatoms. The molecule has 1 heterocycles. The van der Waals surface area contributed by atoms with E-state index < -0.39 is 0 Å². The Balaban J connectivity index is 2.10. The van der Waals surface area contributed by atoms with Crippen LogP contribution in [0.1, 0.15) is 28.9 Å². The third kappa shape index (κ3) is 1.95. The highest BCUT2D eigenvalue weighted by Gasteiger charge is 2.25. The topological polar surface area (TPSA) is 64.2 Å². The predicted molar refractivity (Wildman–Crippen MR) is 74.4 cm³/mol. The molecular formula is C15H16N2O3. The van der Waals surface area contributed by atoms with Gasteiger partial charge in [-0.3, -0.25) is 9.89 Å². The van der Waals surface area contributed by atoms with Crippen LogP contribution in [0.3, 0.4) is 0 Å². The number of benzene rings is 1. The Morgan fingerprint density at radius 1 is 1.15 bits per heavy atom. The molecule has 104 valence electrons. The summed E-state index contributed by atoms with van der Waals surface area (Å²) in [6.07, 6.45) is 2.35. The quantitative estimate of drug-likeness (QED) is 0.932. The molecular weight excluding hydrogens is 256 g/mol. The number of ether oxygens (including phenoxy) is 2. The molecule has 2 aromatic rings. The molecule has 1 aliphatic carbocycles. The first-order chi connectivity index (χ1) is 9.74. The predicted octanol–water partition coefficient (Wildman–Crippen LogP) is 2.61. The molecule has 0 saturated carbocycles. The van der Waals surface area contributed by atoms with Crippen molar-refractivity contribution in [2.24, 2.45) is 0 Å². The van der Waals surface area contributed by atoms with E-state index in [-0.39, 0.29) is 5.78 Å². The lowest BCUT2D eigenvalue weighted by molar-refractivity contribution is 0.0973. The number of aromatic nitrogens is 2. The number of H-pyrrole nitrogens is 1. The Hall–Kier alpha value is -2.30. The summed E-state index contributed by atoms with van der Waals surface area (Å²) >= 11 is 0. The Kier molecular flexibility index (Phi) is 3.18. The smallest absolute Gasteiger partial charge is 0.166 e. The number of carbonyl (C=O) groups excluding carboxylic acids is 1. The number of rotatable bonds is 3. The number of hydrogen-bond donors (Lipinski definition) is 1. The van der Waals surface area contributed by atoms with Gasteiger partial charge in [0.05, 0.1) is 19.8 Å². The maximum absolute atomic E-state index is 12.1. The van der Waals surface area contributed by atoms with Gasteiger partial charge < -0.3 is 9.47 Å². The highest BCUT2D eigenvalue weighted by molar-refractivity contribution is 6.03.